The minimum atomic E-state index is 0.574. The highest BCUT2D eigenvalue weighted by molar-refractivity contribution is 5.44. The van der Waals surface area contributed by atoms with Gasteiger partial charge in [0.05, 0.1) is 12.0 Å². The van der Waals surface area contributed by atoms with Crippen LogP contribution in [0.1, 0.15) is 38.1 Å². The van der Waals surface area contributed by atoms with E-state index >= 15 is 0 Å². The molecule has 5 heteroatoms. The summed E-state index contributed by atoms with van der Waals surface area (Å²) in [5, 5.41) is 0. The van der Waals surface area contributed by atoms with Crippen LogP contribution in [-0.4, -0.2) is 47.5 Å². The van der Waals surface area contributed by atoms with Gasteiger partial charge in [-0.15, -0.1) is 0 Å². The molecule has 1 atom stereocenters. The Morgan fingerprint density at radius 2 is 2.25 bits per heavy atom. The molecule has 24 heavy (non-hydrogen) atoms. The van der Waals surface area contributed by atoms with Gasteiger partial charge in [-0.05, 0) is 65.3 Å². The van der Waals surface area contributed by atoms with Crippen LogP contribution in [0.4, 0.5) is 0 Å². The van der Waals surface area contributed by atoms with E-state index in [0.717, 1.165) is 30.5 Å². The summed E-state index contributed by atoms with van der Waals surface area (Å²) in [5.74, 6) is 2.88. The molecule has 1 aliphatic heterocycles. The molecule has 0 bridgehead atoms. The zero-order chi connectivity index (χ0) is 17.1. The van der Waals surface area contributed by atoms with Gasteiger partial charge in [0, 0.05) is 25.7 Å². The number of furan rings is 1. The third kappa shape index (κ3) is 4.08. The van der Waals surface area contributed by atoms with Crippen molar-refractivity contribution in [3.8, 4) is 11.7 Å². The summed E-state index contributed by atoms with van der Waals surface area (Å²) in [7, 11) is 2.18. The van der Waals surface area contributed by atoms with Gasteiger partial charge in [-0.3, -0.25) is 0 Å². The third-order valence-electron chi connectivity index (χ3n) is 4.89. The first-order chi connectivity index (χ1) is 11.5. The predicted octanol–water partition coefficient (Wildman–Crippen LogP) is 3.80. The zero-order valence-electron chi connectivity index (χ0n) is 15.3. The molecule has 1 fully saturated rings. The molecule has 1 aliphatic rings. The second-order valence-electron chi connectivity index (χ2n) is 7.29. The highest BCUT2D eigenvalue weighted by Gasteiger charge is 2.23. The first-order valence-corrected chi connectivity index (χ1v) is 8.95. The smallest absolute Gasteiger partial charge is 0.263 e. The normalized spacial score (nSPS) is 19.5. The topological polar surface area (TPSA) is 45.7 Å². The number of aromatic nitrogens is 1. The van der Waals surface area contributed by atoms with E-state index in [1.165, 1.54) is 25.9 Å². The lowest BCUT2D eigenvalue weighted by molar-refractivity contribution is 0.115. The molecule has 0 unspecified atom stereocenters. The lowest BCUT2D eigenvalue weighted by Gasteiger charge is -2.36. The van der Waals surface area contributed by atoms with Crippen molar-refractivity contribution in [1.29, 1.82) is 0 Å². The van der Waals surface area contributed by atoms with E-state index in [2.05, 4.69) is 35.7 Å². The average molecular weight is 331 g/mol. The van der Waals surface area contributed by atoms with Crippen molar-refractivity contribution in [3.05, 3.63) is 29.9 Å². The summed E-state index contributed by atoms with van der Waals surface area (Å²) in [5.41, 5.74) is 1.00. The largest absolute Gasteiger partial charge is 0.459 e. The number of piperidine rings is 1. The first kappa shape index (κ1) is 17.2. The van der Waals surface area contributed by atoms with Gasteiger partial charge >= 0.3 is 0 Å². The first-order valence-electron chi connectivity index (χ1n) is 8.95. The molecule has 132 valence electrons. The van der Waals surface area contributed by atoms with Crippen molar-refractivity contribution in [3.63, 3.8) is 0 Å². The Bertz CT molecular complexity index is 633. The van der Waals surface area contributed by atoms with Crippen LogP contribution < -0.4 is 0 Å². The van der Waals surface area contributed by atoms with Crippen LogP contribution in [0.25, 0.3) is 11.7 Å². The standard InChI is InChI=1S/C19H29N3O2/c1-14(2)22-9-5-7-16(12-22)11-21(4)13-17-15(3)24-19(20-17)18-8-6-10-23-18/h6,8,10,14,16H,5,7,9,11-13H2,1-4H3/t16-/m1/s1. The Labute approximate surface area is 144 Å². The van der Waals surface area contributed by atoms with Gasteiger partial charge in [0.2, 0.25) is 0 Å². The van der Waals surface area contributed by atoms with Gasteiger partial charge in [0.25, 0.3) is 5.89 Å². The minimum Gasteiger partial charge on any atom is -0.459 e. The second kappa shape index (κ2) is 7.53. The van der Waals surface area contributed by atoms with Gasteiger partial charge in [-0.2, -0.15) is 0 Å². The van der Waals surface area contributed by atoms with Crippen molar-refractivity contribution in [2.24, 2.45) is 5.92 Å². The molecule has 0 aliphatic carbocycles. The second-order valence-corrected chi connectivity index (χ2v) is 7.29. The zero-order valence-corrected chi connectivity index (χ0v) is 15.3. The molecule has 3 heterocycles. The van der Waals surface area contributed by atoms with Crippen LogP contribution in [0.3, 0.4) is 0 Å². The Kier molecular flexibility index (Phi) is 5.41. The molecular weight excluding hydrogens is 302 g/mol. The number of nitrogens with zero attached hydrogens (tertiary/aromatic N) is 3. The number of rotatable bonds is 6. The van der Waals surface area contributed by atoms with Crippen molar-refractivity contribution in [2.75, 3.05) is 26.7 Å². The van der Waals surface area contributed by atoms with Crippen molar-refractivity contribution in [2.45, 2.75) is 46.2 Å². The molecule has 0 amide bonds. The molecule has 1 saturated heterocycles. The van der Waals surface area contributed by atoms with Crippen LogP contribution in [-0.2, 0) is 6.54 Å². The fourth-order valence-electron chi connectivity index (χ4n) is 3.56. The fraction of sp³-hybridized carbons (Fsp3) is 0.632. The molecule has 0 aromatic carbocycles. The van der Waals surface area contributed by atoms with E-state index in [1.807, 2.05) is 19.1 Å². The van der Waals surface area contributed by atoms with E-state index < -0.39 is 0 Å². The molecule has 0 saturated carbocycles. The molecule has 5 nitrogen and oxygen atoms in total. The minimum absolute atomic E-state index is 0.574. The third-order valence-corrected chi connectivity index (χ3v) is 4.89. The molecule has 0 radical (unpaired) electrons. The lowest BCUT2D eigenvalue weighted by atomic mass is 9.96. The molecule has 0 spiro atoms. The summed E-state index contributed by atoms with van der Waals surface area (Å²) >= 11 is 0. The Hall–Kier alpha value is -1.59. The molecule has 2 aromatic rings. The van der Waals surface area contributed by atoms with Crippen LogP contribution in [0.5, 0.6) is 0 Å². The number of aryl methyl sites for hydroxylation is 1. The maximum absolute atomic E-state index is 5.76. The summed E-state index contributed by atoms with van der Waals surface area (Å²) in [6.07, 6.45) is 4.27. The highest BCUT2D eigenvalue weighted by Crippen LogP contribution is 2.24. The average Bonchev–Trinajstić information content (AvgIpc) is 3.18. The van der Waals surface area contributed by atoms with Crippen molar-refractivity contribution >= 4 is 0 Å². The van der Waals surface area contributed by atoms with Crippen molar-refractivity contribution < 1.29 is 8.83 Å². The van der Waals surface area contributed by atoms with Crippen molar-refractivity contribution in [1.82, 2.24) is 14.8 Å². The van der Waals surface area contributed by atoms with Gasteiger partial charge in [-0.25, -0.2) is 4.98 Å². The van der Waals surface area contributed by atoms with Gasteiger partial charge in [-0.1, -0.05) is 0 Å². The molecule has 0 N–H and O–H groups in total. The van der Waals surface area contributed by atoms with E-state index in [9.17, 15) is 0 Å². The van der Waals surface area contributed by atoms with E-state index in [4.69, 9.17) is 8.83 Å². The Morgan fingerprint density at radius 1 is 1.42 bits per heavy atom. The predicted molar refractivity (Wildman–Crippen MR) is 94.7 cm³/mol. The summed E-state index contributed by atoms with van der Waals surface area (Å²) < 4.78 is 11.1. The Morgan fingerprint density at radius 3 is 2.96 bits per heavy atom. The van der Waals surface area contributed by atoms with Crippen LogP contribution >= 0.6 is 0 Å². The molecule has 2 aromatic heterocycles. The van der Waals surface area contributed by atoms with Crippen LogP contribution in [0, 0.1) is 12.8 Å². The molecule has 3 rings (SSSR count). The van der Waals surface area contributed by atoms with E-state index in [-0.39, 0.29) is 0 Å². The quantitative estimate of drug-likeness (QED) is 0.806. The SMILES string of the molecule is Cc1oc(-c2ccco2)nc1CN(C)C[C@H]1CCCN(C(C)C)C1. The Balaban J connectivity index is 1.58. The maximum Gasteiger partial charge on any atom is 0.263 e. The molecular formula is C19H29N3O2. The highest BCUT2D eigenvalue weighted by atomic mass is 16.4. The number of hydrogen-bond donors (Lipinski definition) is 0. The fourth-order valence-corrected chi connectivity index (χ4v) is 3.56. The number of oxazole rings is 1. The van der Waals surface area contributed by atoms with Crippen LogP contribution in [0.15, 0.2) is 27.2 Å². The van der Waals surface area contributed by atoms with Gasteiger partial charge in [0.1, 0.15) is 5.76 Å². The monoisotopic (exact) mass is 331 g/mol. The van der Waals surface area contributed by atoms with E-state index in [0.29, 0.717) is 17.7 Å². The lowest BCUT2D eigenvalue weighted by Crippen LogP contribution is -2.43. The van der Waals surface area contributed by atoms with Crippen LogP contribution in [0.2, 0.25) is 0 Å². The van der Waals surface area contributed by atoms with E-state index in [1.54, 1.807) is 6.26 Å². The number of hydrogen-bond acceptors (Lipinski definition) is 5. The number of likely N-dealkylation sites (tertiary alicyclic amines) is 1. The van der Waals surface area contributed by atoms with Gasteiger partial charge < -0.3 is 18.6 Å². The van der Waals surface area contributed by atoms with Gasteiger partial charge in [0.15, 0.2) is 5.76 Å². The maximum atomic E-state index is 5.76. The summed E-state index contributed by atoms with van der Waals surface area (Å²) in [6.45, 7) is 10.9. The summed E-state index contributed by atoms with van der Waals surface area (Å²) in [6, 6.07) is 4.37. The summed E-state index contributed by atoms with van der Waals surface area (Å²) in [4.78, 5) is 9.58.